The van der Waals surface area contributed by atoms with E-state index >= 15 is 0 Å². The third kappa shape index (κ3) is 4.32. The van der Waals surface area contributed by atoms with Crippen LogP contribution in [-0.2, 0) is 11.3 Å². The van der Waals surface area contributed by atoms with Gasteiger partial charge in [0.25, 0.3) is 5.91 Å². The Morgan fingerprint density at radius 3 is 2.51 bits per heavy atom. The van der Waals surface area contributed by atoms with E-state index in [0.717, 1.165) is 29.7 Å². The molecule has 2 fully saturated rings. The summed E-state index contributed by atoms with van der Waals surface area (Å²) in [6, 6.07) is 3.37. The Morgan fingerprint density at radius 1 is 1.23 bits per heavy atom. The van der Waals surface area contributed by atoms with E-state index in [4.69, 9.17) is 10.7 Å². The Morgan fingerprint density at radius 2 is 1.91 bits per heavy atom. The molecule has 2 aromatic rings. The number of nitrogens with zero attached hydrogens (tertiary/aromatic N) is 4. The summed E-state index contributed by atoms with van der Waals surface area (Å²) in [5, 5.41) is 9.97. The molecular weight excluding hydrogens is 449 g/mol. The van der Waals surface area contributed by atoms with Crippen LogP contribution in [0.1, 0.15) is 72.9 Å². The van der Waals surface area contributed by atoms with Gasteiger partial charge in [-0.15, -0.1) is 0 Å². The van der Waals surface area contributed by atoms with Gasteiger partial charge < -0.3 is 20.3 Å². The zero-order valence-corrected chi connectivity index (χ0v) is 20.3. The number of benzene rings is 1. The highest BCUT2D eigenvalue weighted by atomic mass is 19.1. The number of hydrogen-bond acceptors (Lipinski definition) is 5. The van der Waals surface area contributed by atoms with Crippen molar-refractivity contribution in [1.29, 1.82) is 0 Å². The summed E-state index contributed by atoms with van der Waals surface area (Å²) in [6.45, 7) is 7.84. The van der Waals surface area contributed by atoms with Crippen LogP contribution in [0.5, 0.6) is 0 Å². The van der Waals surface area contributed by atoms with E-state index in [1.54, 1.807) is 26.8 Å². The molecule has 0 unspecified atom stereocenters. The van der Waals surface area contributed by atoms with Gasteiger partial charge in [0.1, 0.15) is 17.2 Å². The average Bonchev–Trinajstić information content (AvgIpc) is 2.98. The zero-order valence-electron chi connectivity index (χ0n) is 20.3. The van der Waals surface area contributed by atoms with Crippen molar-refractivity contribution in [2.75, 3.05) is 26.2 Å². The zero-order chi connectivity index (χ0) is 25.1. The highest BCUT2D eigenvalue weighted by Crippen LogP contribution is 2.53. The van der Waals surface area contributed by atoms with Gasteiger partial charge in [0.05, 0.1) is 11.3 Å². The van der Waals surface area contributed by atoms with Gasteiger partial charge in [-0.3, -0.25) is 14.5 Å². The molecule has 4 aliphatic rings. The smallest absolute Gasteiger partial charge is 0.269 e. The molecule has 184 valence electrons. The molecule has 1 aromatic carbocycles. The van der Waals surface area contributed by atoms with Crippen molar-refractivity contribution < 1.29 is 19.1 Å². The number of imidazole rings is 1. The molecule has 2 amide bonds. The van der Waals surface area contributed by atoms with Crippen LogP contribution in [-0.4, -0.2) is 68.1 Å². The first kappa shape index (κ1) is 23.5. The number of amides is 2. The molecule has 6 rings (SSSR count). The van der Waals surface area contributed by atoms with Crippen molar-refractivity contribution in [3.63, 3.8) is 0 Å². The van der Waals surface area contributed by atoms with Gasteiger partial charge in [0, 0.05) is 51.3 Å². The number of primary amides is 1. The van der Waals surface area contributed by atoms with Gasteiger partial charge in [-0.05, 0) is 50.3 Å². The Kier molecular flexibility index (Phi) is 5.69. The van der Waals surface area contributed by atoms with Crippen LogP contribution in [0.4, 0.5) is 4.39 Å². The molecule has 1 saturated heterocycles. The highest BCUT2D eigenvalue weighted by Gasteiger charge is 2.42. The van der Waals surface area contributed by atoms with Gasteiger partial charge in [0.15, 0.2) is 5.69 Å². The average molecular weight is 480 g/mol. The number of halogens is 1. The normalized spacial score (nSPS) is 21.2. The second-order valence-electron chi connectivity index (χ2n) is 10.3. The summed E-state index contributed by atoms with van der Waals surface area (Å²) in [5.41, 5.74) is 7.33. The van der Waals surface area contributed by atoms with Gasteiger partial charge in [-0.1, -0.05) is 11.8 Å². The number of aliphatic hydroxyl groups is 1. The van der Waals surface area contributed by atoms with E-state index in [1.807, 2.05) is 4.90 Å². The van der Waals surface area contributed by atoms with Crippen molar-refractivity contribution in [3.8, 4) is 23.2 Å². The summed E-state index contributed by atoms with van der Waals surface area (Å²) in [7, 11) is 0. The molecule has 3 N–H and O–H groups in total. The van der Waals surface area contributed by atoms with Crippen LogP contribution in [0.25, 0.3) is 11.4 Å². The molecule has 0 radical (unpaired) electrons. The fraction of sp³-hybridized carbons (Fsp3) is 0.500. The minimum atomic E-state index is -1.25. The van der Waals surface area contributed by atoms with Crippen molar-refractivity contribution in [3.05, 3.63) is 40.5 Å². The molecule has 1 aliphatic carbocycles. The van der Waals surface area contributed by atoms with Crippen LogP contribution in [0.3, 0.4) is 0 Å². The molecule has 0 atom stereocenters. The van der Waals surface area contributed by atoms with Crippen molar-refractivity contribution in [2.45, 2.75) is 57.7 Å². The second-order valence-corrected chi connectivity index (χ2v) is 10.3. The molecule has 0 spiro atoms. The lowest BCUT2D eigenvalue weighted by Gasteiger charge is -2.37. The first-order chi connectivity index (χ1) is 16.5. The largest absolute Gasteiger partial charge is 0.378 e. The molecule has 35 heavy (non-hydrogen) atoms. The first-order valence-corrected chi connectivity index (χ1v) is 12.0. The highest BCUT2D eigenvalue weighted by molar-refractivity contribution is 5.93. The Hall–Kier alpha value is -3.22. The molecule has 1 saturated carbocycles. The van der Waals surface area contributed by atoms with Crippen LogP contribution in [0.2, 0.25) is 0 Å². The number of rotatable bonds is 3. The predicted molar refractivity (Wildman–Crippen MR) is 128 cm³/mol. The molecule has 1 aromatic heterocycles. The Balaban J connectivity index is 1.57. The van der Waals surface area contributed by atoms with Gasteiger partial charge >= 0.3 is 0 Å². The van der Waals surface area contributed by atoms with Gasteiger partial charge in [0.2, 0.25) is 5.91 Å². The van der Waals surface area contributed by atoms with E-state index in [0.29, 0.717) is 38.5 Å². The minimum absolute atomic E-state index is 0.0635. The second kappa shape index (κ2) is 8.47. The maximum absolute atomic E-state index is 14.9. The van der Waals surface area contributed by atoms with Crippen molar-refractivity contribution in [2.24, 2.45) is 5.73 Å². The van der Waals surface area contributed by atoms with E-state index in [-0.39, 0.29) is 29.1 Å². The lowest BCUT2D eigenvalue weighted by atomic mass is 9.75. The number of aromatic nitrogens is 2. The summed E-state index contributed by atoms with van der Waals surface area (Å²) < 4.78 is 17.1. The summed E-state index contributed by atoms with van der Waals surface area (Å²) >= 11 is 0. The van der Waals surface area contributed by atoms with Gasteiger partial charge in [-0.2, -0.15) is 0 Å². The summed E-state index contributed by atoms with van der Waals surface area (Å²) in [5.74, 6) is 5.31. The van der Waals surface area contributed by atoms with Crippen LogP contribution >= 0.6 is 0 Å². The molecule has 4 heterocycles. The molecule has 8 nitrogen and oxygen atoms in total. The van der Waals surface area contributed by atoms with E-state index in [9.17, 15) is 19.1 Å². The van der Waals surface area contributed by atoms with E-state index < -0.39 is 17.3 Å². The van der Waals surface area contributed by atoms with E-state index in [1.165, 1.54) is 6.07 Å². The Labute approximate surface area is 203 Å². The van der Waals surface area contributed by atoms with Crippen LogP contribution in [0.15, 0.2) is 12.1 Å². The fourth-order valence-corrected chi connectivity index (χ4v) is 5.32. The quantitative estimate of drug-likeness (QED) is 0.656. The number of hydrogen-bond donors (Lipinski definition) is 2. The van der Waals surface area contributed by atoms with E-state index in [2.05, 4.69) is 21.3 Å². The molecule has 9 heteroatoms. The topological polar surface area (TPSA) is 105 Å². The SMILES string of the molecule is CC(=O)N1CCN(Cc2c(C(N)=O)nc3n2C2CC(C2)c2cc(F)c(C#CC(C)(C)O)cc2-3)CC1. The number of carbonyl (C=O) groups is 2. The monoisotopic (exact) mass is 479 g/mol. The third-order valence-electron chi connectivity index (χ3n) is 7.24. The first-order valence-electron chi connectivity index (χ1n) is 12.0. The summed E-state index contributed by atoms with van der Waals surface area (Å²) in [4.78, 5) is 32.9. The summed E-state index contributed by atoms with van der Waals surface area (Å²) in [6.07, 6.45) is 1.68. The lowest BCUT2D eigenvalue weighted by Crippen LogP contribution is -2.48. The number of carbonyl (C=O) groups excluding carboxylic acids is 2. The number of nitrogens with two attached hydrogens (primary N) is 1. The van der Waals surface area contributed by atoms with Crippen LogP contribution < -0.4 is 5.73 Å². The lowest BCUT2D eigenvalue weighted by molar-refractivity contribution is -0.130. The minimum Gasteiger partial charge on any atom is -0.378 e. The van der Waals surface area contributed by atoms with Crippen molar-refractivity contribution >= 4 is 11.8 Å². The molecule has 3 aliphatic heterocycles. The fourth-order valence-electron chi connectivity index (χ4n) is 5.32. The van der Waals surface area contributed by atoms with Crippen molar-refractivity contribution in [1.82, 2.24) is 19.4 Å². The third-order valence-corrected chi connectivity index (χ3v) is 7.24. The van der Waals surface area contributed by atoms with Gasteiger partial charge in [-0.25, -0.2) is 9.37 Å². The number of piperazine rings is 1. The molecule has 2 bridgehead atoms. The standard InChI is InChI=1S/C26H30FN5O3/c1-15(33)31-8-6-30(7-9-31)14-22-23(24(28)34)29-25-20-12-16(4-5-26(2,3)35)21(27)13-19(20)17-10-18(11-17)32(22)25/h12-13,17-18,35H,6-11,14H2,1-3H3,(H2,28,34). The maximum atomic E-state index is 14.9. The predicted octanol–water partition coefficient (Wildman–Crippen LogP) is 2.01. The maximum Gasteiger partial charge on any atom is 0.269 e. The van der Waals surface area contributed by atoms with Crippen LogP contribution in [0, 0.1) is 17.7 Å². The molecular formula is C26H30FN5O3. The Bertz CT molecular complexity index is 1270.